The molecule has 108 valence electrons. The predicted molar refractivity (Wildman–Crippen MR) is 80.8 cm³/mol. The van der Waals surface area contributed by atoms with Gasteiger partial charge in [-0.05, 0) is 85.4 Å². The molecule has 0 radical (unpaired) electrons. The van der Waals surface area contributed by atoms with Gasteiger partial charge in [0.2, 0.25) is 0 Å². The van der Waals surface area contributed by atoms with Gasteiger partial charge in [0.05, 0.1) is 0 Å². The zero-order chi connectivity index (χ0) is 13.1. The molecule has 9 unspecified atom stereocenters. The van der Waals surface area contributed by atoms with Crippen LogP contribution in [0.25, 0.3) is 0 Å². The van der Waals surface area contributed by atoms with Crippen LogP contribution in [0.15, 0.2) is 0 Å². The zero-order valence-corrected chi connectivity index (χ0v) is 13.1. The first-order valence-electron chi connectivity index (χ1n) is 9.22. The number of fused-ring (bicyclic) bond motifs is 2. The van der Waals surface area contributed by atoms with E-state index in [9.17, 15) is 0 Å². The van der Waals surface area contributed by atoms with Gasteiger partial charge in [0, 0.05) is 0 Å². The number of rotatable bonds is 4. The molecule has 0 N–H and O–H groups in total. The standard InChI is InChI=1S/C19H32/c1-4-13(19-12(3)15-8-9-17(15)19)10-18-11(2)14-6-5-7-16(14)18/h11-19H,4-10H2,1-3H3. The third-order valence-corrected chi connectivity index (χ3v) is 8.33. The van der Waals surface area contributed by atoms with Crippen LogP contribution in [0.2, 0.25) is 0 Å². The van der Waals surface area contributed by atoms with Crippen molar-refractivity contribution in [1.82, 2.24) is 0 Å². The van der Waals surface area contributed by atoms with Crippen LogP contribution in [0, 0.1) is 53.3 Å². The summed E-state index contributed by atoms with van der Waals surface area (Å²) in [6.07, 6.45) is 10.9. The van der Waals surface area contributed by atoms with Gasteiger partial charge >= 0.3 is 0 Å². The highest BCUT2D eigenvalue weighted by atomic mass is 14.6. The second-order valence-corrected chi connectivity index (χ2v) is 8.53. The average molecular weight is 260 g/mol. The second kappa shape index (κ2) is 4.50. The minimum atomic E-state index is 1.06. The van der Waals surface area contributed by atoms with Crippen molar-refractivity contribution in [2.24, 2.45) is 53.3 Å². The van der Waals surface area contributed by atoms with E-state index in [0.29, 0.717) is 0 Å². The highest BCUT2D eigenvalue weighted by molar-refractivity contribution is 5.05. The fraction of sp³-hybridized carbons (Fsp3) is 1.00. The van der Waals surface area contributed by atoms with Crippen molar-refractivity contribution in [1.29, 1.82) is 0 Å². The van der Waals surface area contributed by atoms with Gasteiger partial charge in [-0.2, -0.15) is 0 Å². The highest BCUT2D eigenvalue weighted by Crippen LogP contribution is 2.64. The summed E-state index contributed by atoms with van der Waals surface area (Å²) in [4.78, 5) is 0. The van der Waals surface area contributed by atoms with Gasteiger partial charge in [-0.1, -0.05) is 33.6 Å². The van der Waals surface area contributed by atoms with E-state index in [4.69, 9.17) is 0 Å². The summed E-state index contributed by atoms with van der Waals surface area (Å²) in [5, 5.41) is 0. The topological polar surface area (TPSA) is 0 Å². The van der Waals surface area contributed by atoms with Crippen LogP contribution in [0.4, 0.5) is 0 Å². The molecular weight excluding hydrogens is 228 g/mol. The fourth-order valence-corrected chi connectivity index (χ4v) is 7.09. The van der Waals surface area contributed by atoms with Crippen LogP contribution in [0.3, 0.4) is 0 Å². The Hall–Kier alpha value is 0. The van der Waals surface area contributed by atoms with E-state index in [2.05, 4.69) is 20.8 Å². The Morgan fingerprint density at radius 1 is 0.842 bits per heavy atom. The molecule has 19 heavy (non-hydrogen) atoms. The second-order valence-electron chi connectivity index (χ2n) is 8.53. The lowest BCUT2D eigenvalue weighted by molar-refractivity contribution is -0.134. The molecule has 0 spiro atoms. The Kier molecular flexibility index (Phi) is 3.01. The van der Waals surface area contributed by atoms with E-state index in [-0.39, 0.29) is 0 Å². The molecule has 0 bridgehead atoms. The van der Waals surface area contributed by atoms with Crippen molar-refractivity contribution in [2.45, 2.75) is 65.7 Å². The lowest BCUT2D eigenvalue weighted by Gasteiger charge is -2.62. The maximum atomic E-state index is 2.57. The third-order valence-electron chi connectivity index (χ3n) is 8.33. The zero-order valence-electron chi connectivity index (χ0n) is 13.1. The van der Waals surface area contributed by atoms with Gasteiger partial charge in [-0.3, -0.25) is 0 Å². The summed E-state index contributed by atoms with van der Waals surface area (Å²) >= 11 is 0. The van der Waals surface area contributed by atoms with Crippen LogP contribution >= 0.6 is 0 Å². The molecule has 0 aromatic carbocycles. The molecule has 0 aromatic heterocycles. The Morgan fingerprint density at radius 3 is 2.16 bits per heavy atom. The van der Waals surface area contributed by atoms with Crippen LogP contribution in [-0.2, 0) is 0 Å². The third kappa shape index (κ3) is 1.64. The van der Waals surface area contributed by atoms with E-state index in [1.807, 2.05) is 0 Å². The smallest absolute Gasteiger partial charge is 0.0326 e. The molecule has 0 heterocycles. The van der Waals surface area contributed by atoms with Gasteiger partial charge in [0.15, 0.2) is 0 Å². The molecule has 4 rings (SSSR count). The van der Waals surface area contributed by atoms with Gasteiger partial charge in [-0.15, -0.1) is 0 Å². The maximum Gasteiger partial charge on any atom is -0.0326 e. The van der Waals surface area contributed by atoms with Gasteiger partial charge in [0.25, 0.3) is 0 Å². The molecule has 0 aromatic rings. The van der Waals surface area contributed by atoms with Gasteiger partial charge < -0.3 is 0 Å². The molecule has 0 amide bonds. The van der Waals surface area contributed by atoms with Crippen LogP contribution in [0.5, 0.6) is 0 Å². The molecule has 0 aliphatic heterocycles. The lowest BCUT2D eigenvalue weighted by atomic mass is 9.43. The molecule has 4 aliphatic rings. The minimum Gasteiger partial charge on any atom is -0.0651 e. The first-order valence-corrected chi connectivity index (χ1v) is 9.22. The summed E-state index contributed by atoms with van der Waals surface area (Å²) < 4.78 is 0. The number of hydrogen-bond donors (Lipinski definition) is 0. The normalized spacial score (nSPS) is 56.4. The SMILES string of the molecule is CCC(CC1C(C)C2CCCC21)C1C(C)C2CCC21. The van der Waals surface area contributed by atoms with Crippen LogP contribution in [-0.4, -0.2) is 0 Å². The van der Waals surface area contributed by atoms with Crippen molar-refractivity contribution in [3.05, 3.63) is 0 Å². The number of hydrogen-bond acceptors (Lipinski definition) is 0. The molecule has 4 fully saturated rings. The Morgan fingerprint density at radius 2 is 1.53 bits per heavy atom. The maximum absolute atomic E-state index is 2.57. The molecule has 9 atom stereocenters. The van der Waals surface area contributed by atoms with E-state index in [1.165, 1.54) is 12.8 Å². The summed E-state index contributed by atoms with van der Waals surface area (Å²) in [6, 6.07) is 0. The largest absolute Gasteiger partial charge is 0.0651 e. The highest BCUT2D eigenvalue weighted by Gasteiger charge is 2.56. The van der Waals surface area contributed by atoms with Crippen molar-refractivity contribution in [2.75, 3.05) is 0 Å². The van der Waals surface area contributed by atoms with E-state index >= 15 is 0 Å². The van der Waals surface area contributed by atoms with E-state index < -0.39 is 0 Å². The molecule has 4 aliphatic carbocycles. The summed E-state index contributed by atoms with van der Waals surface area (Å²) in [7, 11) is 0. The predicted octanol–water partition coefficient (Wildman–Crippen LogP) is 5.38. The van der Waals surface area contributed by atoms with Gasteiger partial charge in [-0.25, -0.2) is 0 Å². The summed E-state index contributed by atoms with van der Waals surface area (Å²) in [5.74, 6) is 10.0. The quantitative estimate of drug-likeness (QED) is 0.637. The minimum absolute atomic E-state index is 1.06. The summed E-state index contributed by atoms with van der Waals surface area (Å²) in [6.45, 7) is 7.61. The molecule has 0 heteroatoms. The Balaban J connectivity index is 1.40. The van der Waals surface area contributed by atoms with Gasteiger partial charge in [0.1, 0.15) is 0 Å². The van der Waals surface area contributed by atoms with E-state index in [1.54, 1.807) is 32.1 Å². The van der Waals surface area contributed by atoms with Crippen molar-refractivity contribution >= 4 is 0 Å². The summed E-state index contributed by atoms with van der Waals surface area (Å²) in [5.41, 5.74) is 0. The van der Waals surface area contributed by atoms with Crippen molar-refractivity contribution < 1.29 is 0 Å². The Bertz CT molecular complexity index is 340. The monoisotopic (exact) mass is 260 g/mol. The first kappa shape index (κ1) is 12.7. The molecular formula is C19H32. The fourth-order valence-electron chi connectivity index (χ4n) is 7.09. The van der Waals surface area contributed by atoms with E-state index in [0.717, 1.165) is 53.3 Å². The average Bonchev–Trinajstić information content (AvgIpc) is 2.81. The van der Waals surface area contributed by atoms with Crippen LogP contribution in [0.1, 0.15) is 65.7 Å². The van der Waals surface area contributed by atoms with Crippen LogP contribution < -0.4 is 0 Å². The molecule has 0 nitrogen and oxygen atoms in total. The molecule has 4 saturated carbocycles. The Labute approximate surface area is 119 Å². The van der Waals surface area contributed by atoms with Crippen molar-refractivity contribution in [3.63, 3.8) is 0 Å². The van der Waals surface area contributed by atoms with Crippen molar-refractivity contribution in [3.8, 4) is 0 Å². The molecule has 0 saturated heterocycles. The lowest BCUT2D eigenvalue weighted by Crippen LogP contribution is -2.55. The first-order chi connectivity index (χ1) is 9.22.